The van der Waals surface area contributed by atoms with Crippen LogP contribution in [0, 0.1) is 0 Å². The molecule has 0 saturated carbocycles. The summed E-state index contributed by atoms with van der Waals surface area (Å²) in [4.78, 5) is 14.9. The summed E-state index contributed by atoms with van der Waals surface area (Å²) in [5.74, 6) is -0.751. The van der Waals surface area contributed by atoms with E-state index in [9.17, 15) is 4.79 Å². The molecular weight excluding hydrogens is 240 g/mol. The number of carbonyl (C=O) groups is 1. The van der Waals surface area contributed by atoms with Gasteiger partial charge >= 0.3 is 5.97 Å². The van der Waals surface area contributed by atoms with Gasteiger partial charge < -0.3 is 10.0 Å². The third kappa shape index (κ3) is 7.59. The lowest BCUT2D eigenvalue weighted by molar-refractivity contribution is -0.138. The fraction of sp³-hybridized carbons (Fsp3) is 0.533. The van der Waals surface area contributed by atoms with Crippen LogP contribution in [-0.2, 0) is 11.2 Å². The van der Waals surface area contributed by atoms with E-state index in [1.807, 2.05) is 37.2 Å². The van der Waals surface area contributed by atoms with Crippen LogP contribution in [0.3, 0.4) is 0 Å². The van der Waals surface area contributed by atoms with E-state index >= 15 is 0 Å². The number of hydrogen-bond donors (Lipinski definition) is 1. The molecule has 106 valence electrons. The van der Waals surface area contributed by atoms with Crippen molar-refractivity contribution >= 4 is 5.97 Å². The van der Waals surface area contributed by atoms with Crippen molar-refractivity contribution in [3.63, 3.8) is 0 Å². The number of benzene rings is 1. The lowest BCUT2D eigenvalue weighted by Gasteiger charge is -2.22. The highest BCUT2D eigenvalue weighted by molar-refractivity contribution is 5.69. The molecule has 1 aromatic carbocycles. The van der Waals surface area contributed by atoms with Gasteiger partial charge in [-0.1, -0.05) is 30.3 Å². The zero-order valence-corrected chi connectivity index (χ0v) is 11.9. The third-order valence-corrected chi connectivity index (χ3v) is 3.00. The average molecular weight is 264 g/mol. The fourth-order valence-corrected chi connectivity index (χ4v) is 1.95. The molecule has 0 amide bonds. The molecule has 4 heteroatoms. The number of hydrogen-bond acceptors (Lipinski definition) is 3. The van der Waals surface area contributed by atoms with Gasteiger partial charge in [-0.25, -0.2) is 0 Å². The van der Waals surface area contributed by atoms with Gasteiger partial charge in [0.1, 0.15) is 0 Å². The molecule has 0 heterocycles. The highest BCUT2D eigenvalue weighted by Crippen LogP contribution is 2.03. The summed E-state index contributed by atoms with van der Waals surface area (Å²) in [5, 5.41) is 8.91. The molecule has 0 aliphatic rings. The van der Waals surface area contributed by atoms with E-state index in [1.165, 1.54) is 5.56 Å². The quantitative estimate of drug-likeness (QED) is 0.735. The lowest BCUT2D eigenvalue weighted by Crippen LogP contribution is -2.36. The Kier molecular flexibility index (Phi) is 7.15. The van der Waals surface area contributed by atoms with Crippen molar-refractivity contribution in [3.05, 3.63) is 35.9 Å². The highest BCUT2D eigenvalue weighted by atomic mass is 16.4. The molecule has 0 radical (unpaired) electrons. The van der Waals surface area contributed by atoms with Crippen molar-refractivity contribution in [1.29, 1.82) is 0 Å². The normalized spacial score (nSPS) is 11.2. The first-order valence-electron chi connectivity index (χ1n) is 6.70. The number of carboxylic acid groups (broad SMARTS) is 1. The second-order valence-corrected chi connectivity index (χ2v) is 5.06. The van der Waals surface area contributed by atoms with E-state index < -0.39 is 5.97 Å². The maximum absolute atomic E-state index is 10.8. The summed E-state index contributed by atoms with van der Waals surface area (Å²) in [7, 11) is 4.01. The molecule has 0 atom stereocenters. The van der Waals surface area contributed by atoms with Crippen LogP contribution in [0.5, 0.6) is 0 Å². The molecule has 0 aromatic heterocycles. The van der Waals surface area contributed by atoms with Crippen LogP contribution >= 0.6 is 0 Å². The van der Waals surface area contributed by atoms with Gasteiger partial charge in [-0.3, -0.25) is 9.69 Å². The maximum atomic E-state index is 10.8. The summed E-state index contributed by atoms with van der Waals surface area (Å²) < 4.78 is 0. The summed E-state index contributed by atoms with van der Waals surface area (Å²) >= 11 is 0. The van der Waals surface area contributed by atoms with E-state index in [2.05, 4.69) is 17.0 Å². The largest absolute Gasteiger partial charge is 0.480 e. The molecule has 0 aliphatic heterocycles. The van der Waals surface area contributed by atoms with Crippen LogP contribution in [0.4, 0.5) is 0 Å². The Morgan fingerprint density at radius 1 is 1.11 bits per heavy atom. The highest BCUT2D eigenvalue weighted by Gasteiger charge is 2.09. The molecule has 0 bridgehead atoms. The summed E-state index contributed by atoms with van der Waals surface area (Å²) in [6, 6.07) is 10.3. The van der Waals surface area contributed by atoms with Crippen LogP contribution in [0.1, 0.15) is 12.0 Å². The van der Waals surface area contributed by atoms with Crippen molar-refractivity contribution in [2.24, 2.45) is 0 Å². The summed E-state index contributed by atoms with van der Waals surface area (Å²) in [6.45, 7) is 2.64. The summed E-state index contributed by atoms with van der Waals surface area (Å²) in [6.07, 6.45) is 1.99. The molecule has 0 fully saturated rings. The van der Waals surface area contributed by atoms with Gasteiger partial charge in [0.25, 0.3) is 0 Å². The second-order valence-electron chi connectivity index (χ2n) is 5.06. The Balaban J connectivity index is 2.33. The molecular formula is C15H24N2O2. The Hall–Kier alpha value is -1.39. The Labute approximate surface area is 115 Å². The number of rotatable bonds is 9. The van der Waals surface area contributed by atoms with Gasteiger partial charge in [0.15, 0.2) is 0 Å². The zero-order chi connectivity index (χ0) is 14.1. The standard InChI is InChI=1S/C15H24N2O2/c1-16(2)11-12-17(13-15(18)19)10-6-9-14-7-4-3-5-8-14/h3-5,7-8H,6,9-13H2,1-2H3,(H,18,19). The number of aryl methyl sites for hydroxylation is 1. The molecule has 0 aliphatic carbocycles. The van der Waals surface area contributed by atoms with Crippen molar-refractivity contribution in [1.82, 2.24) is 9.80 Å². The average Bonchev–Trinajstić information content (AvgIpc) is 2.36. The van der Waals surface area contributed by atoms with E-state index in [1.54, 1.807) is 0 Å². The third-order valence-electron chi connectivity index (χ3n) is 3.00. The minimum absolute atomic E-state index is 0.128. The van der Waals surface area contributed by atoms with Crippen LogP contribution in [0.15, 0.2) is 30.3 Å². The van der Waals surface area contributed by atoms with E-state index in [0.717, 1.165) is 32.5 Å². The minimum atomic E-state index is -0.751. The summed E-state index contributed by atoms with van der Waals surface area (Å²) in [5.41, 5.74) is 1.31. The molecule has 1 N–H and O–H groups in total. The van der Waals surface area contributed by atoms with Crippen LogP contribution in [-0.4, -0.2) is 61.2 Å². The number of likely N-dealkylation sites (N-methyl/N-ethyl adjacent to an activating group) is 1. The van der Waals surface area contributed by atoms with E-state index in [4.69, 9.17) is 5.11 Å². The maximum Gasteiger partial charge on any atom is 0.317 e. The van der Waals surface area contributed by atoms with Crippen LogP contribution in [0.2, 0.25) is 0 Å². The predicted molar refractivity (Wildman–Crippen MR) is 77.4 cm³/mol. The van der Waals surface area contributed by atoms with Gasteiger partial charge in [-0.15, -0.1) is 0 Å². The number of nitrogens with zero attached hydrogens (tertiary/aromatic N) is 2. The first-order valence-corrected chi connectivity index (χ1v) is 6.70. The molecule has 4 nitrogen and oxygen atoms in total. The van der Waals surface area contributed by atoms with Gasteiger partial charge in [0, 0.05) is 13.1 Å². The van der Waals surface area contributed by atoms with Gasteiger partial charge in [0.2, 0.25) is 0 Å². The monoisotopic (exact) mass is 264 g/mol. The minimum Gasteiger partial charge on any atom is -0.480 e. The smallest absolute Gasteiger partial charge is 0.317 e. The van der Waals surface area contributed by atoms with Gasteiger partial charge in [0.05, 0.1) is 6.54 Å². The topological polar surface area (TPSA) is 43.8 Å². The van der Waals surface area contributed by atoms with Crippen molar-refractivity contribution in [3.8, 4) is 0 Å². The fourth-order valence-electron chi connectivity index (χ4n) is 1.95. The number of aliphatic carboxylic acids is 1. The molecule has 0 spiro atoms. The Bertz CT molecular complexity index is 366. The second kappa shape index (κ2) is 8.67. The first kappa shape index (κ1) is 15.7. The van der Waals surface area contributed by atoms with Gasteiger partial charge in [-0.2, -0.15) is 0 Å². The predicted octanol–water partition coefficient (Wildman–Crippen LogP) is 1.57. The van der Waals surface area contributed by atoms with Gasteiger partial charge in [-0.05, 0) is 39.0 Å². The van der Waals surface area contributed by atoms with Crippen molar-refractivity contribution < 1.29 is 9.90 Å². The van der Waals surface area contributed by atoms with Crippen molar-refractivity contribution in [2.45, 2.75) is 12.8 Å². The zero-order valence-electron chi connectivity index (χ0n) is 11.9. The SMILES string of the molecule is CN(C)CCN(CCCc1ccccc1)CC(=O)O. The molecule has 19 heavy (non-hydrogen) atoms. The first-order chi connectivity index (χ1) is 9.08. The molecule has 1 rings (SSSR count). The van der Waals surface area contributed by atoms with Crippen LogP contribution < -0.4 is 0 Å². The van der Waals surface area contributed by atoms with Crippen LogP contribution in [0.25, 0.3) is 0 Å². The lowest BCUT2D eigenvalue weighted by atomic mass is 10.1. The Morgan fingerprint density at radius 3 is 2.37 bits per heavy atom. The number of carboxylic acids is 1. The molecule has 0 saturated heterocycles. The van der Waals surface area contributed by atoms with E-state index in [0.29, 0.717) is 0 Å². The molecule has 0 unspecified atom stereocenters. The molecule has 1 aromatic rings. The van der Waals surface area contributed by atoms with Crippen molar-refractivity contribution in [2.75, 3.05) is 40.3 Å². The van der Waals surface area contributed by atoms with E-state index in [-0.39, 0.29) is 6.54 Å². The Morgan fingerprint density at radius 2 is 1.79 bits per heavy atom.